The molecule has 0 saturated heterocycles. The Morgan fingerprint density at radius 3 is 1.42 bits per heavy atom. The molecule has 0 saturated carbocycles. The second-order valence-corrected chi connectivity index (χ2v) is 8.97. The van der Waals surface area contributed by atoms with Crippen LogP contribution in [0.15, 0.2) is 12.7 Å². The van der Waals surface area contributed by atoms with Gasteiger partial charge in [-0.15, -0.1) is 6.58 Å². The highest BCUT2D eigenvalue weighted by molar-refractivity contribution is 6.01. The highest BCUT2D eigenvalue weighted by atomic mass is 16.4. The molecule has 0 aliphatic heterocycles. The summed E-state index contributed by atoms with van der Waals surface area (Å²) in [6, 6.07) is 0. The molecule has 0 fully saturated rings. The van der Waals surface area contributed by atoms with Gasteiger partial charge in [0.1, 0.15) is 11.2 Å². The molecule has 0 aliphatic rings. The van der Waals surface area contributed by atoms with E-state index in [9.17, 15) is 19.5 Å². The number of hydrogen-bond acceptors (Lipinski definition) is 3. The van der Waals surface area contributed by atoms with Crippen LogP contribution in [-0.2, 0) is 14.4 Å². The zero-order valence-corrected chi connectivity index (χ0v) is 19.8. The van der Waals surface area contributed by atoms with Crippen molar-refractivity contribution in [1.82, 2.24) is 0 Å². The molecule has 0 rings (SSSR count). The van der Waals surface area contributed by atoms with Crippen molar-refractivity contribution in [1.29, 1.82) is 0 Å². The van der Waals surface area contributed by atoms with E-state index in [0.717, 1.165) is 77.0 Å². The average molecular weight is 439 g/mol. The number of carboxylic acids is 2. The Hall–Kier alpha value is -1.65. The molecule has 0 heterocycles. The second-order valence-electron chi connectivity index (χ2n) is 8.97. The first-order valence-electron chi connectivity index (χ1n) is 12.4. The maximum Gasteiger partial charge on any atom is 0.317 e. The van der Waals surface area contributed by atoms with Gasteiger partial charge in [-0.05, 0) is 39.0 Å². The second kappa shape index (κ2) is 19.1. The van der Waals surface area contributed by atoms with Crippen LogP contribution in [0.1, 0.15) is 129 Å². The van der Waals surface area contributed by atoms with Gasteiger partial charge in [0.25, 0.3) is 0 Å². The molecular weight excluding hydrogens is 392 g/mol. The normalized spacial score (nSPS) is 12.9. The molecule has 2 N–H and O–H groups in total. The van der Waals surface area contributed by atoms with Gasteiger partial charge in [0.05, 0.1) is 0 Å². The quantitative estimate of drug-likeness (QED) is 0.0989. The van der Waals surface area contributed by atoms with Crippen molar-refractivity contribution in [3.05, 3.63) is 12.7 Å². The lowest BCUT2D eigenvalue weighted by atomic mass is 9.75. The minimum atomic E-state index is -1.21. The first-order valence-corrected chi connectivity index (χ1v) is 12.4. The Labute approximate surface area is 189 Å². The minimum Gasteiger partial charge on any atom is -0.481 e. The lowest BCUT2D eigenvalue weighted by Gasteiger charge is -2.27. The number of hydrogen-bond donors (Lipinski definition) is 2. The third-order valence-corrected chi connectivity index (χ3v) is 6.34. The Bertz CT molecular complexity index is 498. The van der Waals surface area contributed by atoms with E-state index in [4.69, 9.17) is 5.11 Å². The summed E-state index contributed by atoms with van der Waals surface area (Å²) < 4.78 is 0. The Morgan fingerprint density at radius 1 is 0.677 bits per heavy atom. The maximum absolute atomic E-state index is 12.3. The van der Waals surface area contributed by atoms with Crippen molar-refractivity contribution >= 4 is 17.7 Å². The van der Waals surface area contributed by atoms with Crippen molar-refractivity contribution in [2.45, 2.75) is 129 Å². The molecule has 0 aromatic carbocycles. The zero-order chi connectivity index (χ0) is 23.4. The summed E-state index contributed by atoms with van der Waals surface area (Å²) in [4.78, 5) is 34.7. The monoisotopic (exact) mass is 438 g/mol. The van der Waals surface area contributed by atoms with Gasteiger partial charge in [0.15, 0.2) is 0 Å². The van der Waals surface area contributed by atoms with Gasteiger partial charge in [-0.25, -0.2) is 0 Å². The fourth-order valence-corrected chi connectivity index (χ4v) is 4.20. The molecule has 31 heavy (non-hydrogen) atoms. The molecule has 5 nitrogen and oxygen atoms in total. The van der Waals surface area contributed by atoms with Gasteiger partial charge in [0.2, 0.25) is 0 Å². The largest absolute Gasteiger partial charge is 0.481 e. The number of ketones is 1. The van der Waals surface area contributed by atoms with Crippen LogP contribution in [0.4, 0.5) is 0 Å². The van der Waals surface area contributed by atoms with E-state index in [1.54, 1.807) is 0 Å². The molecule has 1 unspecified atom stereocenters. The fourth-order valence-electron chi connectivity index (χ4n) is 4.20. The molecule has 5 heteroatoms. The first kappa shape index (κ1) is 29.4. The van der Waals surface area contributed by atoms with E-state index in [1.807, 2.05) is 6.08 Å². The smallest absolute Gasteiger partial charge is 0.317 e. The summed E-state index contributed by atoms with van der Waals surface area (Å²) in [6.07, 6.45) is 19.6. The molecular formula is C26H46O5. The number of carboxylic acid groups (broad SMARTS) is 2. The van der Waals surface area contributed by atoms with E-state index in [-0.39, 0.29) is 12.2 Å². The summed E-state index contributed by atoms with van der Waals surface area (Å²) in [6.45, 7) is 5.17. The summed E-state index contributed by atoms with van der Waals surface area (Å²) in [5.74, 6) is -1.89. The lowest BCUT2D eigenvalue weighted by Crippen LogP contribution is -2.38. The Kier molecular flexibility index (Phi) is 18.1. The molecule has 0 aromatic heterocycles. The lowest BCUT2D eigenvalue weighted by molar-refractivity contribution is -0.155. The molecule has 0 spiro atoms. The predicted molar refractivity (Wildman–Crippen MR) is 126 cm³/mol. The van der Waals surface area contributed by atoms with E-state index < -0.39 is 17.4 Å². The fraction of sp³-hybridized carbons (Fsp3) is 0.808. The number of carbonyl (C=O) groups excluding carboxylic acids is 1. The Morgan fingerprint density at radius 2 is 1.06 bits per heavy atom. The van der Waals surface area contributed by atoms with Gasteiger partial charge in [-0.3, -0.25) is 14.4 Å². The summed E-state index contributed by atoms with van der Waals surface area (Å²) in [5.41, 5.74) is -1.21. The van der Waals surface area contributed by atoms with E-state index in [2.05, 4.69) is 6.58 Å². The SMILES string of the molecule is C=CCCCCCCCCCC(CCCCCCCCCCC(=O)O)(C(C)=O)C(=O)O. The zero-order valence-electron chi connectivity index (χ0n) is 19.8. The van der Waals surface area contributed by atoms with Gasteiger partial charge >= 0.3 is 11.9 Å². The highest BCUT2D eigenvalue weighted by Crippen LogP contribution is 2.33. The summed E-state index contributed by atoms with van der Waals surface area (Å²) in [5, 5.41) is 18.4. The molecule has 0 bridgehead atoms. The number of carbonyl (C=O) groups is 3. The van der Waals surface area contributed by atoms with Gasteiger partial charge in [-0.1, -0.05) is 89.5 Å². The topological polar surface area (TPSA) is 91.7 Å². The molecule has 1 atom stereocenters. The van der Waals surface area contributed by atoms with E-state index in [1.165, 1.54) is 32.6 Å². The third kappa shape index (κ3) is 14.9. The van der Waals surface area contributed by atoms with Gasteiger partial charge in [0, 0.05) is 6.42 Å². The van der Waals surface area contributed by atoms with Gasteiger partial charge < -0.3 is 10.2 Å². The van der Waals surface area contributed by atoms with Crippen LogP contribution in [0.25, 0.3) is 0 Å². The van der Waals surface area contributed by atoms with Crippen molar-refractivity contribution in [2.75, 3.05) is 0 Å². The summed E-state index contributed by atoms with van der Waals surface area (Å²) >= 11 is 0. The molecule has 0 aromatic rings. The maximum atomic E-state index is 12.3. The number of unbranched alkanes of at least 4 members (excludes halogenated alkanes) is 14. The average Bonchev–Trinajstić information content (AvgIpc) is 2.71. The van der Waals surface area contributed by atoms with Crippen LogP contribution in [0.3, 0.4) is 0 Å². The third-order valence-electron chi connectivity index (χ3n) is 6.34. The van der Waals surface area contributed by atoms with Crippen molar-refractivity contribution < 1.29 is 24.6 Å². The van der Waals surface area contributed by atoms with Crippen molar-refractivity contribution in [3.8, 4) is 0 Å². The van der Waals surface area contributed by atoms with E-state index >= 15 is 0 Å². The molecule has 0 radical (unpaired) electrons. The van der Waals surface area contributed by atoms with Crippen molar-refractivity contribution in [2.24, 2.45) is 5.41 Å². The van der Waals surface area contributed by atoms with Crippen LogP contribution in [0.2, 0.25) is 0 Å². The minimum absolute atomic E-state index is 0.206. The van der Waals surface area contributed by atoms with Crippen LogP contribution in [0, 0.1) is 5.41 Å². The molecule has 0 amide bonds. The van der Waals surface area contributed by atoms with E-state index in [0.29, 0.717) is 12.8 Å². The van der Waals surface area contributed by atoms with Crippen LogP contribution in [0.5, 0.6) is 0 Å². The van der Waals surface area contributed by atoms with Crippen LogP contribution < -0.4 is 0 Å². The number of Topliss-reactive ketones (excluding diaryl/α,β-unsaturated/α-hetero) is 1. The first-order chi connectivity index (χ1) is 14.9. The van der Waals surface area contributed by atoms with Crippen LogP contribution in [-0.4, -0.2) is 27.9 Å². The molecule has 0 aliphatic carbocycles. The summed E-state index contributed by atoms with van der Waals surface area (Å²) in [7, 11) is 0. The van der Waals surface area contributed by atoms with Gasteiger partial charge in [-0.2, -0.15) is 0 Å². The number of allylic oxidation sites excluding steroid dienone is 1. The van der Waals surface area contributed by atoms with Crippen molar-refractivity contribution in [3.63, 3.8) is 0 Å². The standard InChI is InChI=1S/C26H46O5/c1-3-4-5-6-7-9-12-15-18-21-26(23(2)27,25(30)31)22-19-16-13-10-8-11-14-17-20-24(28)29/h3H,1,4-22H2,2H3,(H,28,29)(H,30,31). The number of aliphatic carboxylic acids is 2. The highest BCUT2D eigenvalue weighted by Gasteiger charge is 2.42. The van der Waals surface area contributed by atoms with Crippen LogP contribution >= 0.6 is 0 Å². The number of rotatable bonds is 23. The predicted octanol–water partition coefficient (Wildman–Crippen LogP) is 7.33. The Balaban J connectivity index is 4.05. The molecule has 180 valence electrons.